The molecule has 0 aliphatic carbocycles. The summed E-state index contributed by atoms with van der Waals surface area (Å²) >= 11 is 0. The van der Waals surface area contributed by atoms with Crippen LogP contribution in [0.15, 0.2) is 4.52 Å². The van der Waals surface area contributed by atoms with Gasteiger partial charge in [0.15, 0.2) is 5.82 Å². The zero-order valence-electron chi connectivity index (χ0n) is 10.5. The molecule has 0 saturated carbocycles. The van der Waals surface area contributed by atoms with Crippen molar-refractivity contribution in [2.45, 2.75) is 45.4 Å². The molecule has 1 unspecified atom stereocenters. The second-order valence-corrected chi connectivity index (χ2v) is 4.60. The van der Waals surface area contributed by atoms with Gasteiger partial charge in [0.25, 0.3) is 0 Å². The van der Waals surface area contributed by atoms with E-state index in [4.69, 9.17) is 4.52 Å². The van der Waals surface area contributed by atoms with Crippen molar-refractivity contribution in [2.75, 3.05) is 13.1 Å². The van der Waals surface area contributed by atoms with E-state index < -0.39 is 0 Å². The summed E-state index contributed by atoms with van der Waals surface area (Å²) in [6.45, 7) is 5.42. The van der Waals surface area contributed by atoms with E-state index in [9.17, 15) is 4.79 Å². The molecule has 5 nitrogen and oxygen atoms in total. The summed E-state index contributed by atoms with van der Waals surface area (Å²) in [6.07, 6.45) is 3.60. The van der Waals surface area contributed by atoms with Crippen molar-refractivity contribution in [1.82, 2.24) is 15.0 Å². The maximum atomic E-state index is 11.8. The Labute approximate surface area is 101 Å². The molecule has 1 atom stereocenters. The van der Waals surface area contributed by atoms with Gasteiger partial charge in [-0.15, -0.1) is 0 Å². The van der Waals surface area contributed by atoms with Crippen LogP contribution in [0.25, 0.3) is 0 Å². The molecule has 0 aromatic carbocycles. The predicted octanol–water partition coefficient (Wildman–Crippen LogP) is 1.88. The van der Waals surface area contributed by atoms with Crippen LogP contribution >= 0.6 is 0 Å². The van der Waals surface area contributed by atoms with Crippen LogP contribution in [0.5, 0.6) is 0 Å². The molecule has 1 saturated heterocycles. The number of hydrogen-bond acceptors (Lipinski definition) is 4. The third-order valence-electron chi connectivity index (χ3n) is 3.15. The van der Waals surface area contributed by atoms with Gasteiger partial charge in [0.1, 0.15) is 0 Å². The maximum Gasteiger partial charge on any atom is 0.223 e. The molecule has 5 heteroatoms. The summed E-state index contributed by atoms with van der Waals surface area (Å²) in [6, 6.07) is 0. The number of nitrogens with zero attached hydrogens (tertiary/aromatic N) is 3. The summed E-state index contributed by atoms with van der Waals surface area (Å²) < 4.78 is 5.00. The SMILES string of the molecule is CCCC(=O)N1CCCC(c2noc(C)n2)C1. The molecule has 1 aromatic heterocycles. The number of likely N-dealkylation sites (tertiary alicyclic amines) is 1. The normalized spacial score (nSPS) is 20.6. The Morgan fingerprint density at radius 1 is 1.59 bits per heavy atom. The van der Waals surface area contributed by atoms with E-state index in [1.165, 1.54) is 0 Å². The second-order valence-electron chi connectivity index (χ2n) is 4.60. The lowest BCUT2D eigenvalue weighted by Gasteiger charge is -2.31. The largest absolute Gasteiger partial charge is 0.342 e. The van der Waals surface area contributed by atoms with Crippen LogP contribution in [0.4, 0.5) is 0 Å². The van der Waals surface area contributed by atoms with Crippen molar-refractivity contribution in [3.63, 3.8) is 0 Å². The Bertz CT molecular complexity index is 389. The zero-order valence-corrected chi connectivity index (χ0v) is 10.5. The van der Waals surface area contributed by atoms with Gasteiger partial charge in [-0.1, -0.05) is 12.1 Å². The van der Waals surface area contributed by atoms with Gasteiger partial charge in [0, 0.05) is 32.4 Å². The number of amides is 1. The van der Waals surface area contributed by atoms with Gasteiger partial charge in [-0.05, 0) is 19.3 Å². The molecule has 2 heterocycles. The Morgan fingerprint density at radius 3 is 3.06 bits per heavy atom. The molecule has 0 bridgehead atoms. The molecule has 1 amide bonds. The maximum absolute atomic E-state index is 11.8. The van der Waals surface area contributed by atoms with Gasteiger partial charge < -0.3 is 9.42 Å². The topological polar surface area (TPSA) is 59.2 Å². The minimum atomic E-state index is 0.238. The quantitative estimate of drug-likeness (QED) is 0.805. The van der Waals surface area contributed by atoms with Crippen molar-refractivity contribution in [1.29, 1.82) is 0 Å². The highest BCUT2D eigenvalue weighted by atomic mass is 16.5. The van der Waals surface area contributed by atoms with Crippen molar-refractivity contribution in [3.8, 4) is 0 Å². The number of aryl methyl sites for hydroxylation is 1. The van der Waals surface area contributed by atoms with Gasteiger partial charge in [-0.2, -0.15) is 4.98 Å². The lowest BCUT2D eigenvalue weighted by atomic mass is 9.97. The molecule has 1 aliphatic rings. The standard InChI is InChI=1S/C12H19N3O2/c1-3-5-11(16)15-7-4-6-10(8-15)12-13-9(2)17-14-12/h10H,3-8H2,1-2H3. The minimum absolute atomic E-state index is 0.238. The van der Waals surface area contributed by atoms with Gasteiger partial charge in [0.2, 0.25) is 11.8 Å². The molecule has 0 N–H and O–H groups in total. The number of rotatable bonds is 3. The highest BCUT2D eigenvalue weighted by molar-refractivity contribution is 5.76. The van der Waals surface area contributed by atoms with E-state index in [1.807, 2.05) is 11.8 Å². The van der Waals surface area contributed by atoms with Gasteiger partial charge in [-0.3, -0.25) is 4.79 Å². The Balaban J connectivity index is 1.99. The number of carbonyl (C=O) groups excluding carboxylic acids is 1. The van der Waals surface area contributed by atoms with E-state index in [1.54, 1.807) is 6.92 Å². The van der Waals surface area contributed by atoms with Crippen LogP contribution in [0.3, 0.4) is 0 Å². The van der Waals surface area contributed by atoms with Crippen molar-refractivity contribution in [2.24, 2.45) is 0 Å². The second kappa shape index (κ2) is 5.29. The van der Waals surface area contributed by atoms with Crippen LogP contribution in [-0.4, -0.2) is 34.0 Å². The Kier molecular flexibility index (Phi) is 3.76. The van der Waals surface area contributed by atoms with Crippen molar-refractivity contribution >= 4 is 5.91 Å². The van der Waals surface area contributed by atoms with Crippen molar-refractivity contribution in [3.05, 3.63) is 11.7 Å². The first-order valence-corrected chi connectivity index (χ1v) is 6.28. The van der Waals surface area contributed by atoms with Crippen LogP contribution in [0.2, 0.25) is 0 Å². The van der Waals surface area contributed by atoms with E-state index in [0.717, 1.165) is 38.2 Å². The lowest BCUT2D eigenvalue weighted by molar-refractivity contribution is -0.132. The smallest absolute Gasteiger partial charge is 0.223 e. The molecule has 94 valence electrons. The number of piperidine rings is 1. The third-order valence-corrected chi connectivity index (χ3v) is 3.15. The molecular weight excluding hydrogens is 218 g/mol. The molecule has 0 radical (unpaired) electrons. The summed E-state index contributed by atoms with van der Waals surface area (Å²) in [4.78, 5) is 18.0. The summed E-state index contributed by atoms with van der Waals surface area (Å²) in [5.74, 6) is 1.83. The van der Waals surface area contributed by atoms with E-state index in [0.29, 0.717) is 12.3 Å². The highest BCUT2D eigenvalue weighted by Gasteiger charge is 2.27. The first kappa shape index (κ1) is 12.1. The lowest BCUT2D eigenvalue weighted by Crippen LogP contribution is -2.39. The minimum Gasteiger partial charge on any atom is -0.342 e. The number of carbonyl (C=O) groups is 1. The summed E-state index contributed by atoms with van der Waals surface area (Å²) in [5.41, 5.74) is 0. The van der Waals surface area contributed by atoms with Gasteiger partial charge >= 0.3 is 0 Å². The van der Waals surface area contributed by atoms with E-state index in [2.05, 4.69) is 10.1 Å². The van der Waals surface area contributed by atoms with Crippen molar-refractivity contribution < 1.29 is 9.32 Å². The highest BCUT2D eigenvalue weighted by Crippen LogP contribution is 2.25. The first-order chi connectivity index (χ1) is 8.20. The monoisotopic (exact) mass is 237 g/mol. The fourth-order valence-electron chi connectivity index (χ4n) is 2.27. The first-order valence-electron chi connectivity index (χ1n) is 6.28. The van der Waals surface area contributed by atoms with Gasteiger partial charge in [0.05, 0.1) is 0 Å². The molecular formula is C12H19N3O2. The van der Waals surface area contributed by atoms with E-state index >= 15 is 0 Å². The van der Waals surface area contributed by atoms with E-state index in [-0.39, 0.29) is 11.8 Å². The molecule has 0 spiro atoms. The Morgan fingerprint density at radius 2 is 2.41 bits per heavy atom. The van der Waals surface area contributed by atoms with Crippen LogP contribution in [0.1, 0.15) is 50.2 Å². The molecule has 2 rings (SSSR count). The predicted molar refractivity (Wildman–Crippen MR) is 62.5 cm³/mol. The zero-order chi connectivity index (χ0) is 12.3. The fourth-order valence-corrected chi connectivity index (χ4v) is 2.27. The molecule has 1 aliphatic heterocycles. The average molecular weight is 237 g/mol. The molecule has 1 fully saturated rings. The summed E-state index contributed by atoms with van der Waals surface area (Å²) in [5, 5.41) is 3.96. The third kappa shape index (κ3) is 2.84. The van der Waals surface area contributed by atoms with Crippen LogP contribution < -0.4 is 0 Å². The Hall–Kier alpha value is -1.39. The number of hydrogen-bond donors (Lipinski definition) is 0. The molecule has 1 aromatic rings. The summed E-state index contributed by atoms with van der Waals surface area (Å²) in [7, 11) is 0. The van der Waals surface area contributed by atoms with Gasteiger partial charge in [-0.25, -0.2) is 0 Å². The average Bonchev–Trinajstić information content (AvgIpc) is 2.76. The molecule has 17 heavy (non-hydrogen) atoms. The number of aromatic nitrogens is 2. The van der Waals surface area contributed by atoms with Crippen LogP contribution in [-0.2, 0) is 4.79 Å². The fraction of sp³-hybridized carbons (Fsp3) is 0.750. The van der Waals surface area contributed by atoms with Crippen LogP contribution in [0, 0.1) is 6.92 Å².